The first-order valence-corrected chi connectivity index (χ1v) is 25.4. The minimum Gasteiger partial charge on any atom is -0.487 e. The van der Waals surface area contributed by atoms with E-state index >= 15 is 4.79 Å². The van der Waals surface area contributed by atoms with E-state index in [1.165, 1.54) is 24.3 Å². The lowest BCUT2D eigenvalue weighted by Crippen LogP contribution is -2.70. The third-order valence-electron chi connectivity index (χ3n) is 14.0. The van der Waals surface area contributed by atoms with Crippen molar-refractivity contribution in [1.82, 2.24) is 9.88 Å². The van der Waals surface area contributed by atoms with Crippen molar-refractivity contribution in [2.75, 3.05) is 33.0 Å². The van der Waals surface area contributed by atoms with Gasteiger partial charge in [0.15, 0.2) is 0 Å². The Bertz CT molecular complexity index is 2720. The maximum Gasteiger partial charge on any atom is 0.410 e. The number of carbonyl (C=O) groups excluding carboxylic acids is 1. The Kier molecular flexibility index (Phi) is 18.6. The molecular weight excluding hydrogens is 948 g/mol. The van der Waals surface area contributed by atoms with Crippen molar-refractivity contribution >= 4 is 17.5 Å². The van der Waals surface area contributed by atoms with Crippen molar-refractivity contribution < 1.29 is 52.8 Å². The number of aromatic nitrogens is 1. The smallest absolute Gasteiger partial charge is 0.410 e. The number of ether oxygens (including phenoxy) is 5. The molecule has 15 nitrogen and oxygen atoms in total. The van der Waals surface area contributed by atoms with Crippen molar-refractivity contribution in [2.45, 2.75) is 96.0 Å². The lowest BCUT2D eigenvalue weighted by atomic mass is 9.55. The third-order valence-corrected chi connectivity index (χ3v) is 14.0. The zero-order chi connectivity index (χ0) is 51.9. The molecule has 1 aliphatic heterocycles. The minimum atomic E-state index is -1.63. The van der Waals surface area contributed by atoms with Crippen molar-refractivity contribution in [3.05, 3.63) is 189 Å². The van der Waals surface area contributed by atoms with Gasteiger partial charge in [-0.25, -0.2) is 9.18 Å². The molecule has 0 spiro atoms. The molecule has 0 bridgehead atoms. The molecule has 0 unspecified atom stereocenters. The van der Waals surface area contributed by atoms with Crippen LogP contribution < -0.4 is 9.47 Å². The molecule has 4 aromatic carbocycles. The topological polar surface area (TPSA) is 185 Å². The number of aliphatic hydroxyl groups is 2. The van der Waals surface area contributed by atoms with Crippen molar-refractivity contribution in [3.63, 3.8) is 0 Å². The summed E-state index contributed by atoms with van der Waals surface area (Å²) in [6.07, 6.45) is 7.32. The molecule has 8 rings (SSSR count). The van der Waals surface area contributed by atoms with E-state index in [1.807, 2.05) is 73.7 Å². The number of fused-ring (bicyclic) bond motifs is 2. The quantitative estimate of drug-likeness (QED) is 0.0232. The molecule has 0 saturated heterocycles. The highest BCUT2D eigenvalue weighted by molar-refractivity contribution is 6.03. The maximum atomic E-state index is 15.0. The number of oxime groups is 1. The number of unbranched alkanes of at least 4 members (excludes halogenated alkanes) is 2. The first kappa shape index (κ1) is 53.3. The second-order valence-corrected chi connectivity index (χ2v) is 18.9. The van der Waals surface area contributed by atoms with Gasteiger partial charge in [0.2, 0.25) is 5.79 Å². The molecule has 2 aliphatic carbocycles. The van der Waals surface area contributed by atoms with Crippen LogP contribution in [0.4, 0.5) is 14.9 Å². The van der Waals surface area contributed by atoms with Gasteiger partial charge < -0.3 is 38.7 Å². The van der Waals surface area contributed by atoms with Gasteiger partial charge in [0.05, 0.1) is 42.1 Å². The Morgan fingerprint density at radius 2 is 1.65 bits per heavy atom. The summed E-state index contributed by atoms with van der Waals surface area (Å²) in [5.74, 6) is -2.07. The third kappa shape index (κ3) is 13.0. The molecule has 2 heterocycles. The number of non-ortho nitro benzene ring substituents is 1. The number of hydrogen-bond donors (Lipinski definition) is 2. The number of carbonyl (C=O) groups is 1. The number of pyridine rings is 1. The summed E-state index contributed by atoms with van der Waals surface area (Å²) in [6.45, 7) is 6.57. The van der Waals surface area contributed by atoms with Gasteiger partial charge in [-0.15, -0.1) is 6.58 Å². The average Bonchev–Trinajstić information content (AvgIpc) is 3.41. The first-order valence-electron chi connectivity index (χ1n) is 25.4. The van der Waals surface area contributed by atoms with Gasteiger partial charge in [-0.1, -0.05) is 78.7 Å². The molecule has 390 valence electrons. The molecule has 3 aliphatic rings. The van der Waals surface area contributed by atoms with Crippen LogP contribution in [-0.4, -0.2) is 81.7 Å². The standard InChI is InChI=1S/C58H65FN4O11/c1-3-30-72-58-54(62(36-41-18-22-45(59)23-19-41)57(66)70-32-31-69-37-42-13-5-4-6-14-42)35-52(61-73-38-43-20-24-47(25-21-43)63(67)68)50-33-44(15-7-9-28-64)49(17-8-10-29-65)55(56(50)58)51-34-48(26-27-53(51)74-58)71-39-46-16-11-12-40(2)60-46/h3-6,11-14,16,18-27,33-34,44,49,54-56,64-65H,1,7-10,15,17,28-32,35-39H2,2H3/t44-,49+,54-,55+,56+,58+/m0/s1. The highest BCUT2D eigenvalue weighted by Crippen LogP contribution is 2.62. The van der Waals surface area contributed by atoms with Crippen LogP contribution in [0.2, 0.25) is 0 Å². The van der Waals surface area contributed by atoms with E-state index in [0.717, 1.165) is 40.9 Å². The lowest BCUT2D eigenvalue weighted by molar-refractivity contribution is -0.384. The number of amides is 1. The molecule has 16 heteroatoms. The molecule has 5 aromatic rings. The number of aryl methyl sites for hydroxylation is 1. The molecule has 2 N–H and O–H groups in total. The maximum absolute atomic E-state index is 15.0. The molecule has 1 aromatic heterocycles. The molecule has 6 atom stereocenters. The van der Waals surface area contributed by atoms with Crippen LogP contribution >= 0.6 is 0 Å². The fourth-order valence-corrected chi connectivity index (χ4v) is 10.6. The summed E-state index contributed by atoms with van der Waals surface area (Å²) >= 11 is 0. The van der Waals surface area contributed by atoms with E-state index < -0.39 is 34.6 Å². The van der Waals surface area contributed by atoms with Gasteiger partial charge in [-0.2, -0.15) is 0 Å². The van der Waals surface area contributed by atoms with E-state index in [0.29, 0.717) is 60.6 Å². The van der Waals surface area contributed by atoms with Crippen LogP contribution in [0.25, 0.3) is 0 Å². The highest BCUT2D eigenvalue weighted by atomic mass is 19.1. The number of aliphatic hydroxyl groups excluding tert-OH is 2. The van der Waals surface area contributed by atoms with Gasteiger partial charge >= 0.3 is 6.09 Å². The van der Waals surface area contributed by atoms with Gasteiger partial charge in [0.1, 0.15) is 43.2 Å². The predicted molar refractivity (Wildman–Crippen MR) is 276 cm³/mol. The molecule has 1 fully saturated rings. The molecular formula is C58H65FN4O11. The normalized spacial score (nSPS) is 21.1. The van der Waals surface area contributed by atoms with Crippen LogP contribution in [0.3, 0.4) is 0 Å². The lowest BCUT2D eigenvalue weighted by Gasteiger charge is -2.59. The van der Waals surface area contributed by atoms with Crippen molar-refractivity contribution in [1.29, 1.82) is 0 Å². The van der Waals surface area contributed by atoms with E-state index in [-0.39, 0.29) is 82.7 Å². The summed E-state index contributed by atoms with van der Waals surface area (Å²) in [7, 11) is 0. The second-order valence-electron chi connectivity index (χ2n) is 18.9. The zero-order valence-corrected chi connectivity index (χ0v) is 41.8. The molecule has 1 saturated carbocycles. The fraction of sp³-hybridized carbons (Fsp3) is 0.397. The van der Waals surface area contributed by atoms with E-state index in [2.05, 4.69) is 17.6 Å². The van der Waals surface area contributed by atoms with Gasteiger partial charge in [-0.3, -0.25) is 20.0 Å². The Morgan fingerprint density at radius 3 is 2.38 bits per heavy atom. The van der Waals surface area contributed by atoms with Crippen LogP contribution in [-0.2, 0) is 45.4 Å². The summed E-state index contributed by atoms with van der Waals surface area (Å²) in [5.41, 5.74) is 6.01. The Balaban J connectivity index is 1.27. The Morgan fingerprint density at radius 1 is 0.905 bits per heavy atom. The first-order chi connectivity index (χ1) is 36.1. The van der Waals surface area contributed by atoms with Crippen LogP contribution in [0, 0.1) is 40.6 Å². The number of nitro groups is 1. The molecule has 74 heavy (non-hydrogen) atoms. The second kappa shape index (κ2) is 25.8. The monoisotopic (exact) mass is 1010 g/mol. The van der Waals surface area contributed by atoms with Crippen molar-refractivity contribution in [2.24, 2.45) is 22.9 Å². The number of rotatable bonds is 26. The number of nitrogens with zero attached hydrogens (tertiary/aromatic N) is 4. The van der Waals surface area contributed by atoms with Gasteiger partial charge in [0, 0.05) is 55.5 Å². The number of nitro benzene ring substituents is 1. The van der Waals surface area contributed by atoms with Crippen LogP contribution in [0.15, 0.2) is 145 Å². The largest absolute Gasteiger partial charge is 0.487 e. The molecule has 0 radical (unpaired) electrons. The summed E-state index contributed by atoms with van der Waals surface area (Å²) < 4.78 is 47.6. The Hall–Kier alpha value is -6.98. The SMILES string of the molecule is C=CCO[C@@]12Oc3ccc(OCc4cccc(C)n4)cc3[C@H]3[C@H](CCCCO)[C@@H](CCCCO)C=C(C(=NOCc4ccc([N+](=O)[O-])cc4)C[C@@H]1N(Cc1ccc(F)cc1)C(=O)OCCOCc1ccccc1)[C@H]32. The van der Waals surface area contributed by atoms with Crippen LogP contribution in [0.5, 0.6) is 11.5 Å². The van der Waals surface area contributed by atoms with Crippen molar-refractivity contribution in [3.8, 4) is 11.5 Å². The van der Waals surface area contributed by atoms with E-state index in [1.54, 1.807) is 35.2 Å². The summed E-state index contributed by atoms with van der Waals surface area (Å²) in [5, 5.41) is 36.5. The zero-order valence-electron chi connectivity index (χ0n) is 41.8. The van der Waals surface area contributed by atoms with Crippen LogP contribution in [0.1, 0.15) is 84.5 Å². The predicted octanol–water partition coefficient (Wildman–Crippen LogP) is 10.7. The summed E-state index contributed by atoms with van der Waals surface area (Å²) in [6, 6.07) is 32.2. The minimum absolute atomic E-state index is 0.0184. The molecule has 1 amide bonds. The van der Waals surface area contributed by atoms with Gasteiger partial charge in [-0.05, 0) is 121 Å². The average molecular weight is 1010 g/mol. The van der Waals surface area contributed by atoms with Gasteiger partial charge in [0.25, 0.3) is 5.69 Å². The van der Waals surface area contributed by atoms with E-state index in [9.17, 15) is 24.7 Å². The van der Waals surface area contributed by atoms with E-state index in [4.69, 9.17) is 33.7 Å². The number of benzene rings is 4. The number of halogens is 1. The number of hydrogen-bond acceptors (Lipinski definition) is 13. The number of allylic oxidation sites excluding steroid dienone is 1. The summed E-state index contributed by atoms with van der Waals surface area (Å²) in [4.78, 5) is 38.5. The highest BCUT2D eigenvalue weighted by Gasteiger charge is 2.65. The Labute approximate surface area is 431 Å². The fourth-order valence-electron chi connectivity index (χ4n) is 10.6.